The highest BCUT2D eigenvalue weighted by molar-refractivity contribution is 5.87. The van der Waals surface area contributed by atoms with Crippen molar-refractivity contribution in [3.8, 4) is 0 Å². The van der Waals surface area contributed by atoms with E-state index < -0.39 is 63.2 Å². The first kappa shape index (κ1) is 21.6. The first-order valence-corrected chi connectivity index (χ1v) is 10.6. The van der Waals surface area contributed by atoms with Gasteiger partial charge in [0.1, 0.15) is 16.8 Å². The lowest BCUT2D eigenvalue weighted by Crippen LogP contribution is -2.83. The van der Waals surface area contributed by atoms with Gasteiger partial charge in [0, 0.05) is 24.2 Å². The van der Waals surface area contributed by atoms with E-state index in [2.05, 4.69) is 0 Å². The van der Waals surface area contributed by atoms with Gasteiger partial charge in [-0.05, 0) is 39.0 Å². The molecule has 0 bridgehead atoms. The number of hydrogen-bond donors (Lipinski definition) is 7. The smallest absolute Gasteiger partial charge is 0.162 e. The Bertz CT molecular complexity index is 744. The SMILES string of the molecule is CC(=O)[C@]1(O)CC[C@@]2(O)[C@]1(C)[C@H](O)C[C@H]1[C@@]3(C)CC[C@H](O)C[C@]3(O)[C@H](O)C[C@]12O. The lowest BCUT2D eigenvalue weighted by molar-refractivity contribution is -0.366. The molecule has 4 fully saturated rings. The highest BCUT2D eigenvalue weighted by Gasteiger charge is 2.83. The highest BCUT2D eigenvalue weighted by atomic mass is 16.4. The molecule has 10 atom stereocenters. The normalized spacial score (nSPS) is 62.1. The second-order valence-electron chi connectivity index (χ2n) is 10.7. The molecular formula is C21H34O8. The average molecular weight is 414 g/mol. The summed E-state index contributed by atoms with van der Waals surface area (Å²) in [5, 5.41) is 78.7. The zero-order valence-electron chi connectivity index (χ0n) is 17.3. The van der Waals surface area contributed by atoms with Crippen LogP contribution in [-0.4, -0.2) is 82.2 Å². The molecule has 4 saturated carbocycles. The van der Waals surface area contributed by atoms with Crippen molar-refractivity contribution in [2.45, 2.75) is 106 Å². The van der Waals surface area contributed by atoms with Gasteiger partial charge in [-0.25, -0.2) is 0 Å². The number of aliphatic hydroxyl groups excluding tert-OH is 3. The lowest BCUT2D eigenvalue weighted by atomic mass is 9.38. The quantitative estimate of drug-likeness (QED) is 0.288. The number of ketones is 1. The third-order valence-electron chi connectivity index (χ3n) is 9.92. The molecule has 7 N–H and O–H groups in total. The summed E-state index contributed by atoms with van der Waals surface area (Å²) in [4.78, 5) is 12.4. The van der Waals surface area contributed by atoms with E-state index in [0.717, 1.165) is 0 Å². The number of aliphatic hydroxyl groups is 7. The van der Waals surface area contributed by atoms with E-state index in [9.17, 15) is 40.5 Å². The van der Waals surface area contributed by atoms with Crippen molar-refractivity contribution in [1.82, 2.24) is 0 Å². The highest BCUT2D eigenvalue weighted by Crippen LogP contribution is 2.71. The van der Waals surface area contributed by atoms with E-state index in [1.807, 2.05) is 0 Å². The van der Waals surface area contributed by atoms with Crippen LogP contribution >= 0.6 is 0 Å². The van der Waals surface area contributed by atoms with Crippen molar-refractivity contribution >= 4 is 5.78 Å². The molecule has 8 nitrogen and oxygen atoms in total. The Morgan fingerprint density at radius 1 is 0.862 bits per heavy atom. The Balaban J connectivity index is 1.89. The first-order chi connectivity index (χ1) is 13.1. The molecule has 0 amide bonds. The summed E-state index contributed by atoms with van der Waals surface area (Å²) >= 11 is 0. The molecule has 4 rings (SSSR count). The number of Topliss-reactive ketones (excluding diaryl/α,β-unsaturated/α-hetero) is 1. The second-order valence-corrected chi connectivity index (χ2v) is 10.7. The zero-order chi connectivity index (χ0) is 21.8. The van der Waals surface area contributed by atoms with Gasteiger partial charge in [-0.3, -0.25) is 4.79 Å². The fourth-order valence-corrected chi connectivity index (χ4v) is 7.86. The molecule has 0 aromatic carbocycles. The van der Waals surface area contributed by atoms with Gasteiger partial charge in [-0.2, -0.15) is 0 Å². The number of fused-ring (bicyclic) bond motifs is 5. The van der Waals surface area contributed by atoms with Crippen molar-refractivity contribution < 1.29 is 40.5 Å². The van der Waals surface area contributed by atoms with E-state index in [4.69, 9.17) is 0 Å². The fraction of sp³-hybridized carbons (Fsp3) is 0.952. The van der Waals surface area contributed by atoms with Crippen LogP contribution in [0.5, 0.6) is 0 Å². The van der Waals surface area contributed by atoms with Gasteiger partial charge in [0.05, 0.1) is 29.3 Å². The molecule has 4 aliphatic carbocycles. The molecule has 0 unspecified atom stereocenters. The molecule has 0 saturated heterocycles. The van der Waals surface area contributed by atoms with Crippen molar-refractivity contribution in [3.63, 3.8) is 0 Å². The Morgan fingerprint density at radius 2 is 1.48 bits per heavy atom. The van der Waals surface area contributed by atoms with Gasteiger partial charge in [-0.15, -0.1) is 0 Å². The Labute approximate surface area is 170 Å². The molecule has 8 heteroatoms. The maximum atomic E-state index is 12.4. The van der Waals surface area contributed by atoms with Gasteiger partial charge < -0.3 is 35.7 Å². The van der Waals surface area contributed by atoms with Crippen LogP contribution in [0.25, 0.3) is 0 Å². The van der Waals surface area contributed by atoms with Crippen molar-refractivity contribution in [2.75, 3.05) is 0 Å². The minimum absolute atomic E-state index is 0.0491. The third-order valence-corrected chi connectivity index (χ3v) is 9.92. The summed E-state index contributed by atoms with van der Waals surface area (Å²) in [6.07, 6.45) is -3.56. The monoisotopic (exact) mass is 414 g/mol. The lowest BCUT2D eigenvalue weighted by Gasteiger charge is -2.71. The maximum absolute atomic E-state index is 12.4. The number of carbonyl (C=O) groups excluding carboxylic acids is 1. The van der Waals surface area contributed by atoms with Gasteiger partial charge in [-0.1, -0.05) is 13.8 Å². The largest absolute Gasteiger partial charge is 0.393 e. The topological polar surface area (TPSA) is 159 Å². The first-order valence-electron chi connectivity index (χ1n) is 10.6. The third kappa shape index (κ3) is 2.07. The molecular weight excluding hydrogens is 380 g/mol. The van der Waals surface area contributed by atoms with Crippen LogP contribution in [0.3, 0.4) is 0 Å². The molecule has 0 radical (unpaired) electrons. The number of carbonyl (C=O) groups is 1. The average Bonchev–Trinajstić information content (AvgIpc) is 2.86. The minimum Gasteiger partial charge on any atom is -0.393 e. The molecule has 0 aromatic heterocycles. The minimum atomic E-state index is -2.04. The van der Waals surface area contributed by atoms with Crippen LogP contribution in [0, 0.1) is 16.7 Å². The van der Waals surface area contributed by atoms with Gasteiger partial charge in [0.25, 0.3) is 0 Å². The summed E-state index contributed by atoms with van der Waals surface area (Å²) in [5.74, 6) is -1.38. The van der Waals surface area contributed by atoms with E-state index in [-0.39, 0.29) is 32.1 Å². The number of rotatable bonds is 1. The van der Waals surface area contributed by atoms with Crippen molar-refractivity contribution in [1.29, 1.82) is 0 Å². The van der Waals surface area contributed by atoms with Gasteiger partial charge in [0.15, 0.2) is 5.78 Å². The zero-order valence-corrected chi connectivity index (χ0v) is 17.3. The van der Waals surface area contributed by atoms with Crippen molar-refractivity contribution in [3.05, 3.63) is 0 Å². The predicted molar refractivity (Wildman–Crippen MR) is 101 cm³/mol. The van der Waals surface area contributed by atoms with E-state index in [1.165, 1.54) is 13.8 Å². The van der Waals surface area contributed by atoms with Crippen LogP contribution in [0.15, 0.2) is 0 Å². The summed E-state index contributed by atoms with van der Waals surface area (Å²) in [7, 11) is 0. The predicted octanol–water partition coefficient (Wildman–Crippen LogP) is -1.00. The van der Waals surface area contributed by atoms with E-state index in [0.29, 0.717) is 12.8 Å². The van der Waals surface area contributed by atoms with Crippen LogP contribution in [0.4, 0.5) is 0 Å². The summed E-state index contributed by atoms with van der Waals surface area (Å²) in [6, 6.07) is 0. The number of hydrogen-bond acceptors (Lipinski definition) is 8. The molecule has 0 aromatic rings. The van der Waals surface area contributed by atoms with Gasteiger partial charge >= 0.3 is 0 Å². The molecule has 4 aliphatic rings. The van der Waals surface area contributed by atoms with Gasteiger partial charge in [0.2, 0.25) is 0 Å². The fourth-order valence-electron chi connectivity index (χ4n) is 7.86. The Kier molecular flexibility index (Phi) is 4.32. The molecule has 0 spiro atoms. The molecule has 166 valence electrons. The summed E-state index contributed by atoms with van der Waals surface area (Å²) in [6.45, 7) is 4.36. The standard InChI is InChI=1S/C21H34O8/c1-11(22)18(26)6-7-21(29)17(18,3)14(24)8-13-16(2)5-4-12(23)9-20(16,28)15(25)10-19(13,21)27/h12-15,23-29H,4-10H2,1-3H3/t12-,13-,14+,15+,16+,17+,18+,19-,20-,21+/m0/s1. The molecule has 0 heterocycles. The van der Waals surface area contributed by atoms with E-state index in [1.54, 1.807) is 6.92 Å². The van der Waals surface area contributed by atoms with Crippen LogP contribution in [0.1, 0.15) is 65.7 Å². The Morgan fingerprint density at radius 3 is 2.07 bits per heavy atom. The summed E-state index contributed by atoms with van der Waals surface area (Å²) in [5.41, 5.74) is -10.5. The van der Waals surface area contributed by atoms with E-state index >= 15 is 0 Å². The van der Waals surface area contributed by atoms with Crippen LogP contribution in [-0.2, 0) is 4.79 Å². The van der Waals surface area contributed by atoms with Crippen LogP contribution < -0.4 is 0 Å². The van der Waals surface area contributed by atoms with Crippen molar-refractivity contribution in [2.24, 2.45) is 16.7 Å². The molecule has 29 heavy (non-hydrogen) atoms. The summed E-state index contributed by atoms with van der Waals surface area (Å²) < 4.78 is 0. The molecule has 0 aliphatic heterocycles. The van der Waals surface area contributed by atoms with Crippen LogP contribution in [0.2, 0.25) is 0 Å². The maximum Gasteiger partial charge on any atom is 0.162 e. The Hall–Kier alpha value is -0.610. The second kappa shape index (κ2) is 5.79.